The van der Waals surface area contributed by atoms with Gasteiger partial charge in [0.1, 0.15) is 0 Å². The second kappa shape index (κ2) is 7.45. The maximum atomic E-state index is 12.6. The molecule has 1 aromatic carbocycles. The van der Waals surface area contributed by atoms with Crippen LogP contribution in [0.3, 0.4) is 0 Å². The molecular formula is C17H26N2O3S. The third kappa shape index (κ3) is 4.78. The Morgan fingerprint density at radius 1 is 1.26 bits per heavy atom. The summed E-state index contributed by atoms with van der Waals surface area (Å²) in [5, 5.41) is 0. The van der Waals surface area contributed by atoms with Crippen LogP contribution >= 0.6 is 0 Å². The van der Waals surface area contributed by atoms with Crippen molar-refractivity contribution in [2.45, 2.75) is 32.7 Å². The van der Waals surface area contributed by atoms with Gasteiger partial charge >= 0.3 is 0 Å². The van der Waals surface area contributed by atoms with Crippen molar-refractivity contribution in [1.29, 1.82) is 0 Å². The van der Waals surface area contributed by atoms with Crippen molar-refractivity contribution in [3.05, 3.63) is 35.4 Å². The van der Waals surface area contributed by atoms with E-state index in [-0.39, 0.29) is 11.8 Å². The molecule has 1 aliphatic rings. The molecule has 1 atom stereocenters. The monoisotopic (exact) mass is 338 g/mol. The number of amides is 1. The molecule has 1 aliphatic heterocycles. The minimum Gasteiger partial charge on any atom is -0.341 e. The topological polar surface area (TPSA) is 57.7 Å². The Kier molecular flexibility index (Phi) is 5.81. The number of sulfonamides is 1. The van der Waals surface area contributed by atoms with Crippen molar-refractivity contribution in [2.24, 2.45) is 5.92 Å². The molecule has 0 N–H and O–H groups in total. The summed E-state index contributed by atoms with van der Waals surface area (Å²) in [6.07, 6.45) is 3.70. The summed E-state index contributed by atoms with van der Waals surface area (Å²) in [7, 11) is -1.43. The molecule has 1 saturated heterocycles. The number of carbonyl (C=O) groups is 1. The van der Waals surface area contributed by atoms with Gasteiger partial charge in [0, 0.05) is 26.7 Å². The molecule has 0 spiro atoms. The number of rotatable bonds is 5. The minimum atomic E-state index is -3.22. The molecule has 0 aromatic heterocycles. The summed E-state index contributed by atoms with van der Waals surface area (Å²) >= 11 is 0. The van der Waals surface area contributed by atoms with Gasteiger partial charge in [-0.15, -0.1) is 0 Å². The Bertz CT molecular complexity index is 640. The van der Waals surface area contributed by atoms with Crippen molar-refractivity contribution < 1.29 is 13.2 Å². The largest absolute Gasteiger partial charge is 0.341 e. The molecule has 2 rings (SSSR count). The van der Waals surface area contributed by atoms with Crippen LogP contribution < -0.4 is 0 Å². The van der Waals surface area contributed by atoms with Gasteiger partial charge in [-0.3, -0.25) is 4.79 Å². The Balaban J connectivity index is 1.98. The molecule has 128 valence electrons. The van der Waals surface area contributed by atoms with E-state index in [1.54, 1.807) is 11.9 Å². The van der Waals surface area contributed by atoms with Crippen LogP contribution in [0.15, 0.2) is 24.3 Å². The van der Waals surface area contributed by atoms with Gasteiger partial charge < -0.3 is 4.90 Å². The number of hydrogen-bond donors (Lipinski definition) is 0. The van der Waals surface area contributed by atoms with Crippen LogP contribution in [0.2, 0.25) is 0 Å². The van der Waals surface area contributed by atoms with Gasteiger partial charge in [0.25, 0.3) is 0 Å². The minimum absolute atomic E-state index is 0.0259. The summed E-state index contributed by atoms with van der Waals surface area (Å²) < 4.78 is 24.8. The van der Waals surface area contributed by atoms with Crippen LogP contribution in [0, 0.1) is 5.92 Å². The van der Waals surface area contributed by atoms with E-state index in [2.05, 4.69) is 19.1 Å². The Labute approximate surface area is 139 Å². The van der Waals surface area contributed by atoms with Gasteiger partial charge in [-0.25, -0.2) is 12.7 Å². The molecule has 0 aliphatic carbocycles. The van der Waals surface area contributed by atoms with Gasteiger partial charge in [0.2, 0.25) is 15.9 Å². The highest BCUT2D eigenvalue weighted by Crippen LogP contribution is 2.21. The zero-order valence-corrected chi connectivity index (χ0v) is 15.0. The van der Waals surface area contributed by atoms with E-state index in [1.165, 1.54) is 16.1 Å². The van der Waals surface area contributed by atoms with Crippen LogP contribution in [-0.2, 0) is 27.8 Å². The first-order chi connectivity index (χ1) is 10.8. The molecular weight excluding hydrogens is 312 g/mol. The van der Waals surface area contributed by atoms with Crippen LogP contribution in [0.1, 0.15) is 30.9 Å². The summed E-state index contributed by atoms with van der Waals surface area (Å²) in [5.41, 5.74) is 2.37. The van der Waals surface area contributed by atoms with E-state index in [0.29, 0.717) is 19.6 Å². The molecule has 23 heavy (non-hydrogen) atoms. The van der Waals surface area contributed by atoms with Crippen molar-refractivity contribution in [2.75, 3.05) is 26.4 Å². The van der Waals surface area contributed by atoms with Crippen molar-refractivity contribution >= 4 is 15.9 Å². The zero-order valence-electron chi connectivity index (χ0n) is 14.2. The molecule has 5 nitrogen and oxygen atoms in total. The van der Waals surface area contributed by atoms with E-state index < -0.39 is 10.0 Å². The first-order valence-electron chi connectivity index (χ1n) is 8.09. The van der Waals surface area contributed by atoms with Crippen molar-refractivity contribution in [1.82, 2.24) is 9.21 Å². The lowest BCUT2D eigenvalue weighted by Crippen LogP contribution is -2.45. The summed E-state index contributed by atoms with van der Waals surface area (Å²) in [5.74, 6) is -0.212. The third-order valence-corrected chi connectivity index (χ3v) is 5.70. The number of carbonyl (C=O) groups excluding carboxylic acids is 1. The third-order valence-electron chi connectivity index (χ3n) is 4.43. The highest BCUT2D eigenvalue weighted by atomic mass is 32.2. The molecule has 6 heteroatoms. The fourth-order valence-corrected chi connectivity index (χ4v) is 3.90. The first-order valence-corrected chi connectivity index (χ1v) is 9.94. The van der Waals surface area contributed by atoms with E-state index in [4.69, 9.17) is 0 Å². The van der Waals surface area contributed by atoms with Gasteiger partial charge in [0.15, 0.2) is 0 Å². The summed E-state index contributed by atoms with van der Waals surface area (Å²) in [6.45, 7) is 3.49. The van der Waals surface area contributed by atoms with Crippen LogP contribution in [0.25, 0.3) is 0 Å². The SMILES string of the molecule is CCc1ccc(CN(C)C(=O)C2CCCN(S(C)(=O)=O)C2)cc1. The number of nitrogens with zero attached hydrogens (tertiary/aromatic N) is 2. The first kappa shape index (κ1) is 17.9. The Morgan fingerprint density at radius 3 is 2.43 bits per heavy atom. The van der Waals surface area contributed by atoms with E-state index in [1.807, 2.05) is 12.1 Å². The van der Waals surface area contributed by atoms with Gasteiger partial charge in [0.05, 0.1) is 12.2 Å². The molecule has 1 amide bonds. The van der Waals surface area contributed by atoms with E-state index >= 15 is 0 Å². The van der Waals surface area contributed by atoms with Crippen LogP contribution in [0.4, 0.5) is 0 Å². The maximum absolute atomic E-state index is 12.6. The van der Waals surface area contributed by atoms with E-state index in [9.17, 15) is 13.2 Å². The highest BCUT2D eigenvalue weighted by Gasteiger charge is 2.31. The average Bonchev–Trinajstić information content (AvgIpc) is 2.54. The molecule has 1 fully saturated rings. The number of benzene rings is 1. The predicted molar refractivity (Wildman–Crippen MR) is 91.4 cm³/mol. The fourth-order valence-electron chi connectivity index (χ4n) is 2.99. The second-order valence-electron chi connectivity index (χ2n) is 6.32. The Morgan fingerprint density at radius 2 is 1.87 bits per heavy atom. The van der Waals surface area contributed by atoms with Crippen molar-refractivity contribution in [3.63, 3.8) is 0 Å². The van der Waals surface area contributed by atoms with Crippen molar-refractivity contribution in [3.8, 4) is 0 Å². The van der Waals surface area contributed by atoms with Crippen LogP contribution in [0.5, 0.6) is 0 Å². The fraction of sp³-hybridized carbons (Fsp3) is 0.588. The molecule has 0 radical (unpaired) electrons. The lowest BCUT2D eigenvalue weighted by atomic mass is 9.98. The average molecular weight is 338 g/mol. The molecule has 0 bridgehead atoms. The normalized spacial score (nSPS) is 19.5. The lowest BCUT2D eigenvalue weighted by molar-refractivity contribution is -0.135. The highest BCUT2D eigenvalue weighted by molar-refractivity contribution is 7.88. The Hall–Kier alpha value is -1.40. The van der Waals surface area contributed by atoms with Gasteiger partial charge in [-0.2, -0.15) is 0 Å². The number of aryl methyl sites for hydroxylation is 1. The number of hydrogen-bond acceptors (Lipinski definition) is 3. The second-order valence-corrected chi connectivity index (χ2v) is 8.31. The quantitative estimate of drug-likeness (QED) is 0.824. The molecule has 1 aromatic rings. The maximum Gasteiger partial charge on any atom is 0.227 e. The van der Waals surface area contributed by atoms with Gasteiger partial charge in [-0.05, 0) is 30.4 Å². The molecule has 0 saturated carbocycles. The molecule has 1 unspecified atom stereocenters. The zero-order chi connectivity index (χ0) is 17.0. The summed E-state index contributed by atoms with van der Waals surface area (Å²) in [6, 6.07) is 8.26. The lowest BCUT2D eigenvalue weighted by Gasteiger charge is -2.32. The predicted octanol–water partition coefficient (Wildman–Crippen LogP) is 1.88. The summed E-state index contributed by atoms with van der Waals surface area (Å²) in [4.78, 5) is 14.3. The standard InChI is InChI=1S/C17H26N2O3S/c1-4-14-7-9-15(10-8-14)12-18(2)17(20)16-6-5-11-19(13-16)23(3,21)22/h7-10,16H,4-6,11-13H2,1-3H3. The molecule has 1 heterocycles. The van der Waals surface area contributed by atoms with Crippen LogP contribution in [-0.4, -0.2) is 49.9 Å². The smallest absolute Gasteiger partial charge is 0.227 e. The van der Waals surface area contributed by atoms with E-state index in [0.717, 1.165) is 24.8 Å². The van der Waals surface area contributed by atoms with Gasteiger partial charge in [-0.1, -0.05) is 31.2 Å². The number of piperidine rings is 1.